The number of carbonyl (C=O) groups excluding carboxylic acids is 1. The SMILES string of the molecule is CCc1cccc(N2CC(c3nc(-c4ccc(OC(C)C)cc4)no3)CC2=O)c1. The molecule has 29 heavy (non-hydrogen) atoms. The van der Waals surface area contributed by atoms with E-state index in [9.17, 15) is 4.79 Å². The van der Waals surface area contributed by atoms with Crippen LogP contribution in [0.15, 0.2) is 53.1 Å². The van der Waals surface area contributed by atoms with E-state index in [1.165, 1.54) is 5.56 Å². The standard InChI is InChI=1S/C23H25N3O3/c1-4-16-6-5-7-19(12-16)26-14-18(13-21(26)27)23-24-22(25-29-23)17-8-10-20(11-9-17)28-15(2)3/h5-12,15,18H,4,13-14H2,1-3H3. The lowest BCUT2D eigenvalue weighted by Gasteiger charge is -2.16. The summed E-state index contributed by atoms with van der Waals surface area (Å²) in [6, 6.07) is 15.7. The number of anilines is 1. The van der Waals surface area contributed by atoms with Gasteiger partial charge in [-0.2, -0.15) is 4.98 Å². The van der Waals surface area contributed by atoms with Crippen molar-refractivity contribution in [3.63, 3.8) is 0 Å². The Morgan fingerprint density at radius 3 is 2.72 bits per heavy atom. The molecule has 4 rings (SSSR count). The molecule has 1 atom stereocenters. The first-order valence-corrected chi connectivity index (χ1v) is 10.0. The number of carbonyl (C=O) groups is 1. The summed E-state index contributed by atoms with van der Waals surface area (Å²) in [4.78, 5) is 18.9. The third-order valence-electron chi connectivity index (χ3n) is 5.03. The van der Waals surface area contributed by atoms with Crippen LogP contribution in [0.25, 0.3) is 11.4 Å². The molecule has 150 valence electrons. The Morgan fingerprint density at radius 2 is 2.00 bits per heavy atom. The molecule has 2 heterocycles. The summed E-state index contributed by atoms with van der Waals surface area (Å²) >= 11 is 0. The first-order valence-electron chi connectivity index (χ1n) is 10.0. The van der Waals surface area contributed by atoms with Crippen molar-refractivity contribution in [1.29, 1.82) is 0 Å². The normalized spacial score (nSPS) is 16.6. The van der Waals surface area contributed by atoms with Crippen LogP contribution in [0.2, 0.25) is 0 Å². The lowest BCUT2D eigenvalue weighted by atomic mass is 10.1. The highest BCUT2D eigenvalue weighted by molar-refractivity contribution is 5.96. The summed E-state index contributed by atoms with van der Waals surface area (Å²) in [7, 11) is 0. The van der Waals surface area contributed by atoms with Gasteiger partial charge in [0.15, 0.2) is 0 Å². The smallest absolute Gasteiger partial charge is 0.232 e. The molecule has 0 bridgehead atoms. The molecule has 0 spiro atoms. The van der Waals surface area contributed by atoms with E-state index in [2.05, 4.69) is 29.2 Å². The average Bonchev–Trinajstić information content (AvgIpc) is 3.35. The van der Waals surface area contributed by atoms with Crippen LogP contribution in [0.5, 0.6) is 5.75 Å². The molecule has 1 aliphatic rings. The number of ether oxygens (including phenoxy) is 1. The molecule has 0 aliphatic carbocycles. The average molecular weight is 391 g/mol. The fourth-order valence-electron chi connectivity index (χ4n) is 3.54. The number of amides is 1. The van der Waals surface area contributed by atoms with Crippen LogP contribution in [0.1, 0.15) is 44.6 Å². The van der Waals surface area contributed by atoms with Crippen LogP contribution < -0.4 is 9.64 Å². The Labute approximate surface area is 170 Å². The Balaban J connectivity index is 1.49. The Kier molecular flexibility index (Phi) is 5.34. The predicted octanol–water partition coefficient (Wildman–Crippen LogP) is 4.61. The van der Waals surface area contributed by atoms with E-state index in [0.717, 1.165) is 23.4 Å². The highest BCUT2D eigenvalue weighted by Gasteiger charge is 2.35. The zero-order valence-corrected chi connectivity index (χ0v) is 17.0. The third-order valence-corrected chi connectivity index (χ3v) is 5.03. The topological polar surface area (TPSA) is 68.5 Å². The highest BCUT2D eigenvalue weighted by Crippen LogP contribution is 2.32. The molecule has 3 aromatic rings. The largest absolute Gasteiger partial charge is 0.491 e. The van der Waals surface area contributed by atoms with E-state index in [1.807, 2.05) is 55.1 Å². The van der Waals surface area contributed by atoms with E-state index in [-0.39, 0.29) is 17.9 Å². The second kappa shape index (κ2) is 8.07. The van der Waals surface area contributed by atoms with Crippen molar-refractivity contribution in [2.24, 2.45) is 0 Å². The van der Waals surface area contributed by atoms with Crippen LogP contribution in [0.3, 0.4) is 0 Å². The summed E-state index contributed by atoms with van der Waals surface area (Å²) in [5, 5.41) is 4.12. The fourth-order valence-corrected chi connectivity index (χ4v) is 3.54. The monoisotopic (exact) mass is 391 g/mol. The number of hydrogen-bond donors (Lipinski definition) is 0. The minimum Gasteiger partial charge on any atom is -0.491 e. The fraction of sp³-hybridized carbons (Fsp3) is 0.348. The Hall–Kier alpha value is -3.15. The van der Waals surface area contributed by atoms with E-state index in [4.69, 9.17) is 9.26 Å². The van der Waals surface area contributed by atoms with Crippen LogP contribution >= 0.6 is 0 Å². The summed E-state index contributed by atoms with van der Waals surface area (Å²) in [5.41, 5.74) is 2.99. The van der Waals surface area contributed by atoms with Gasteiger partial charge in [-0.25, -0.2) is 0 Å². The molecular weight excluding hydrogens is 366 g/mol. The van der Waals surface area contributed by atoms with Crippen molar-refractivity contribution in [3.05, 3.63) is 60.0 Å². The maximum absolute atomic E-state index is 12.6. The van der Waals surface area contributed by atoms with E-state index in [0.29, 0.717) is 24.7 Å². The number of nitrogens with zero attached hydrogens (tertiary/aromatic N) is 3. The van der Waals surface area contributed by atoms with Crippen molar-refractivity contribution >= 4 is 11.6 Å². The van der Waals surface area contributed by atoms with Gasteiger partial charge in [0.2, 0.25) is 17.6 Å². The van der Waals surface area contributed by atoms with Gasteiger partial charge in [0, 0.05) is 24.2 Å². The summed E-state index contributed by atoms with van der Waals surface area (Å²) in [6.45, 7) is 6.64. The number of rotatable bonds is 6. The predicted molar refractivity (Wildman–Crippen MR) is 111 cm³/mol. The van der Waals surface area contributed by atoms with Gasteiger partial charge in [0.05, 0.1) is 12.0 Å². The van der Waals surface area contributed by atoms with Gasteiger partial charge >= 0.3 is 0 Å². The minimum absolute atomic E-state index is 0.0817. The van der Waals surface area contributed by atoms with Gasteiger partial charge in [-0.1, -0.05) is 24.2 Å². The number of aromatic nitrogens is 2. The molecule has 1 aromatic heterocycles. The molecule has 0 radical (unpaired) electrons. The third kappa shape index (κ3) is 4.16. The van der Waals surface area contributed by atoms with Crippen LogP contribution in [0, 0.1) is 0 Å². The van der Waals surface area contributed by atoms with Crippen LogP contribution in [0.4, 0.5) is 5.69 Å². The van der Waals surface area contributed by atoms with Crippen molar-refractivity contribution in [3.8, 4) is 17.1 Å². The quantitative estimate of drug-likeness (QED) is 0.614. The molecule has 0 N–H and O–H groups in total. The number of aryl methyl sites for hydroxylation is 1. The lowest BCUT2D eigenvalue weighted by molar-refractivity contribution is -0.117. The molecule has 6 nitrogen and oxygen atoms in total. The molecule has 1 aliphatic heterocycles. The summed E-state index contributed by atoms with van der Waals surface area (Å²) in [6.07, 6.45) is 1.44. The maximum atomic E-state index is 12.6. The van der Waals surface area contributed by atoms with Gasteiger partial charge in [-0.15, -0.1) is 0 Å². The molecule has 6 heteroatoms. The molecule has 1 saturated heterocycles. The second-order valence-electron chi connectivity index (χ2n) is 7.58. The van der Waals surface area contributed by atoms with Gasteiger partial charge < -0.3 is 14.2 Å². The Bertz CT molecular complexity index is 995. The molecule has 1 unspecified atom stereocenters. The number of hydrogen-bond acceptors (Lipinski definition) is 5. The second-order valence-corrected chi connectivity index (χ2v) is 7.58. The Morgan fingerprint density at radius 1 is 1.21 bits per heavy atom. The van der Waals surface area contributed by atoms with E-state index in [1.54, 1.807) is 0 Å². The summed E-state index contributed by atoms with van der Waals surface area (Å²) in [5.74, 6) is 1.81. The van der Waals surface area contributed by atoms with Gasteiger partial charge in [-0.3, -0.25) is 4.79 Å². The van der Waals surface area contributed by atoms with Crippen LogP contribution in [-0.4, -0.2) is 28.7 Å². The zero-order valence-electron chi connectivity index (χ0n) is 17.0. The first-order chi connectivity index (χ1) is 14.0. The molecule has 1 fully saturated rings. The zero-order chi connectivity index (χ0) is 20.4. The van der Waals surface area contributed by atoms with Crippen LogP contribution in [-0.2, 0) is 11.2 Å². The van der Waals surface area contributed by atoms with Crippen molar-refractivity contribution in [2.75, 3.05) is 11.4 Å². The summed E-state index contributed by atoms with van der Waals surface area (Å²) < 4.78 is 11.2. The van der Waals surface area contributed by atoms with Gasteiger partial charge in [0.25, 0.3) is 0 Å². The molecular formula is C23H25N3O3. The van der Waals surface area contributed by atoms with E-state index < -0.39 is 0 Å². The molecule has 1 amide bonds. The highest BCUT2D eigenvalue weighted by atomic mass is 16.5. The molecule has 0 saturated carbocycles. The lowest BCUT2D eigenvalue weighted by Crippen LogP contribution is -2.24. The van der Waals surface area contributed by atoms with Crippen molar-refractivity contribution in [2.45, 2.75) is 45.6 Å². The van der Waals surface area contributed by atoms with Gasteiger partial charge in [-0.05, 0) is 62.2 Å². The van der Waals surface area contributed by atoms with E-state index >= 15 is 0 Å². The molecule has 2 aromatic carbocycles. The van der Waals surface area contributed by atoms with Crippen molar-refractivity contribution < 1.29 is 14.1 Å². The first kappa shape index (κ1) is 19.2. The van der Waals surface area contributed by atoms with Crippen molar-refractivity contribution in [1.82, 2.24) is 10.1 Å². The minimum atomic E-state index is -0.0995. The maximum Gasteiger partial charge on any atom is 0.232 e. The van der Waals surface area contributed by atoms with Gasteiger partial charge in [0.1, 0.15) is 5.75 Å². The number of benzene rings is 2.